The Balaban J connectivity index is 1.27. The van der Waals surface area contributed by atoms with Crippen molar-refractivity contribution in [1.29, 1.82) is 0 Å². The average molecular weight is 475 g/mol. The molecule has 158 valence electrons. The normalized spacial score (nSPS) is 17.5. The number of rotatable bonds is 4. The van der Waals surface area contributed by atoms with Crippen LogP contribution >= 0.6 is 15.9 Å². The summed E-state index contributed by atoms with van der Waals surface area (Å²) in [6.45, 7) is 3.09. The summed E-state index contributed by atoms with van der Waals surface area (Å²) in [4.78, 5) is 30.9. The maximum absolute atomic E-state index is 13.1. The van der Waals surface area contributed by atoms with Crippen LogP contribution in [0, 0.1) is 5.82 Å². The summed E-state index contributed by atoms with van der Waals surface area (Å²) in [7, 11) is 0. The van der Waals surface area contributed by atoms with E-state index >= 15 is 0 Å². The van der Waals surface area contributed by atoms with Crippen LogP contribution in [0.4, 0.5) is 19.7 Å². The number of carbonyl (C=O) groups excluding carboxylic acids is 2. The van der Waals surface area contributed by atoms with Gasteiger partial charge in [0.25, 0.3) is 0 Å². The van der Waals surface area contributed by atoms with E-state index in [2.05, 4.69) is 21.2 Å². The van der Waals surface area contributed by atoms with E-state index in [1.54, 1.807) is 21.9 Å². The van der Waals surface area contributed by atoms with Crippen molar-refractivity contribution in [2.24, 2.45) is 0 Å². The Morgan fingerprint density at radius 1 is 1.00 bits per heavy atom. The Morgan fingerprint density at radius 3 is 2.33 bits per heavy atom. The molecule has 8 heteroatoms. The summed E-state index contributed by atoms with van der Waals surface area (Å²) in [6.07, 6.45) is 1.54. The maximum atomic E-state index is 13.1. The van der Waals surface area contributed by atoms with Gasteiger partial charge in [-0.25, -0.2) is 14.0 Å². The van der Waals surface area contributed by atoms with E-state index in [1.807, 2.05) is 29.2 Å². The molecule has 4 rings (SSSR count). The van der Waals surface area contributed by atoms with Crippen molar-refractivity contribution in [3.05, 3.63) is 64.4 Å². The van der Waals surface area contributed by atoms with Crippen LogP contribution < -0.4 is 5.32 Å². The summed E-state index contributed by atoms with van der Waals surface area (Å²) in [5.41, 5.74) is 1.68. The van der Waals surface area contributed by atoms with Crippen molar-refractivity contribution in [1.82, 2.24) is 14.7 Å². The molecule has 2 heterocycles. The first kappa shape index (κ1) is 20.7. The van der Waals surface area contributed by atoms with E-state index in [1.165, 1.54) is 12.1 Å². The molecule has 2 aliphatic rings. The minimum absolute atomic E-state index is 0.0251. The molecule has 0 aromatic heterocycles. The van der Waals surface area contributed by atoms with E-state index in [-0.39, 0.29) is 23.9 Å². The van der Waals surface area contributed by atoms with Crippen LogP contribution in [0.1, 0.15) is 18.4 Å². The molecule has 0 radical (unpaired) electrons. The summed E-state index contributed by atoms with van der Waals surface area (Å²) >= 11 is 3.38. The summed E-state index contributed by atoms with van der Waals surface area (Å²) in [5, 5.41) is 2.92. The predicted octanol–water partition coefficient (Wildman–Crippen LogP) is 4.52. The number of likely N-dealkylation sites (tertiary alicyclic amines) is 1. The first-order chi connectivity index (χ1) is 14.5. The SMILES string of the molecule is O=C(Nc1ccc(Br)cc1)N1CCC(N2CCN(Cc3ccc(F)cc3)C2=O)CC1. The van der Waals surface area contributed by atoms with Crippen LogP contribution in [-0.4, -0.2) is 59.0 Å². The Hall–Kier alpha value is -2.61. The smallest absolute Gasteiger partial charge is 0.321 e. The lowest BCUT2D eigenvalue weighted by Crippen LogP contribution is -2.49. The predicted molar refractivity (Wildman–Crippen MR) is 117 cm³/mol. The molecule has 30 heavy (non-hydrogen) atoms. The number of halogens is 2. The highest BCUT2D eigenvalue weighted by atomic mass is 79.9. The van der Waals surface area contributed by atoms with Gasteiger partial charge >= 0.3 is 12.1 Å². The van der Waals surface area contributed by atoms with E-state index in [0.29, 0.717) is 32.7 Å². The minimum atomic E-state index is -0.274. The van der Waals surface area contributed by atoms with Crippen molar-refractivity contribution < 1.29 is 14.0 Å². The Bertz CT molecular complexity index is 898. The second-order valence-electron chi connectivity index (χ2n) is 7.68. The largest absolute Gasteiger partial charge is 0.324 e. The quantitative estimate of drug-likeness (QED) is 0.707. The third-order valence-electron chi connectivity index (χ3n) is 5.70. The number of piperidine rings is 1. The molecule has 2 saturated heterocycles. The number of hydrogen-bond donors (Lipinski definition) is 1. The first-order valence-electron chi connectivity index (χ1n) is 10.1. The highest BCUT2D eigenvalue weighted by Gasteiger charge is 2.35. The van der Waals surface area contributed by atoms with Crippen molar-refractivity contribution >= 4 is 33.7 Å². The third kappa shape index (κ3) is 4.75. The molecule has 2 aromatic rings. The van der Waals surface area contributed by atoms with Crippen LogP contribution in [0.3, 0.4) is 0 Å². The van der Waals surface area contributed by atoms with Gasteiger partial charge in [0.15, 0.2) is 0 Å². The third-order valence-corrected chi connectivity index (χ3v) is 6.23. The molecular weight excluding hydrogens is 451 g/mol. The second-order valence-corrected chi connectivity index (χ2v) is 8.59. The molecule has 2 fully saturated rings. The number of nitrogens with zero attached hydrogens (tertiary/aromatic N) is 3. The van der Waals surface area contributed by atoms with E-state index in [0.717, 1.165) is 28.6 Å². The van der Waals surface area contributed by atoms with Gasteiger partial charge in [0.1, 0.15) is 5.82 Å². The number of carbonyl (C=O) groups is 2. The molecule has 4 amide bonds. The number of benzene rings is 2. The van der Waals surface area contributed by atoms with Crippen molar-refractivity contribution in [3.8, 4) is 0 Å². The molecular formula is C22H24BrFN4O2. The topological polar surface area (TPSA) is 55.9 Å². The zero-order valence-electron chi connectivity index (χ0n) is 16.6. The van der Waals surface area contributed by atoms with Gasteiger partial charge in [0.2, 0.25) is 0 Å². The van der Waals surface area contributed by atoms with Gasteiger partial charge in [-0.05, 0) is 54.8 Å². The lowest BCUT2D eigenvalue weighted by molar-refractivity contribution is 0.139. The van der Waals surface area contributed by atoms with E-state index in [4.69, 9.17) is 0 Å². The van der Waals surface area contributed by atoms with Crippen LogP contribution in [0.2, 0.25) is 0 Å². The molecule has 1 N–H and O–H groups in total. The first-order valence-corrected chi connectivity index (χ1v) is 10.9. The number of nitrogens with one attached hydrogen (secondary N) is 1. The molecule has 0 spiro atoms. The zero-order valence-corrected chi connectivity index (χ0v) is 18.1. The van der Waals surface area contributed by atoms with Gasteiger partial charge in [-0.2, -0.15) is 0 Å². The highest BCUT2D eigenvalue weighted by Crippen LogP contribution is 2.23. The monoisotopic (exact) mass is 474 g/mol. The zero-order chi connectivity index (χ0) is 21.1. The maximum Gasteiger partial charge on any atom is 0.321 e. The minimum Gasteiger partial charge on any atom is -0.324 e. The van der Waals surface area contributed by atoms with Gasteiger partial charge in [0, 0.05) is 48.9 Å². The number of anilines is 1. The molecule has 6 nitrogen and oxygen atoms in total. The fourth-order valence-electron chi connectivity index (χ4n) is 4.01. The molecule has 2 aromatic carbocycles. The molecule has 0 unspecified atom stereocenters. The number of urea groups is 2. The van der Waals surface area contributed by atoms with E-state index in [9.17, 15) is 14.0 Å². The van der Waals surface area contributed by atoms with Crippen molar-refractivity contribution in [2.75, 3.05) is 31.5 Å². The van der Waals surface area contributed by atoms with Crippen LogP contribution in [0.5, 0.6) is 0 Å². The molecule has 2 aliphatic heterocycles. The standard InChI is InChI=1S/C22H24BrFN4O2/c23-17-3-7-19(8-4-17)25-21(29)26-11-9-20(10-12-26)28-14-13-27(22(28)30)15-16-1-5-18(24)6-2-16/h1-8,20H,9-15H2,(H,25,29). The van der Waals surface area contributed by atoms with Gasteiger partial charge < -0.3 is 20.0 Å². The van der Waals surface area contributed by atoms with Crippen LogP contribution in [0.15, 0.2) is 53.0 Å². The highest BCUT2D eigenvalue weighted by molar-refractivity contribution is 9.10. The van der Waals surface area contributed by atoms with Crippen molar-refractivity contribution in [2.45, 2.75) is 25.4 Å². The molecule has 0 saturated carbocycles. The fourth-order valence-corrected chi connectivity index (χ4v) is 4.28. The summed E-state index contributed by atoms with van der Waals surface area (Å²) in [6, 6.07) is 13.8. The molecule has 0 bridgehead atoms. The Labute approximate surface area is 183 Å². The summed E-state index contributed by atoms with van der Waals surface area (Å²) in [5.74, 6) is -0.274. The lowest BCUT2D eigenvalue weighted by Gasteiger charge is -2.36. The van der Waals surface area contributed by atoms with E-state index < -0.39 is 0 Å². The number of hydrogen-bond acceptors (Lipinski definition) is 2. The van der Waals surface area contributed by atoms with Gasteiger partial charge in [-0.1, -0.05) is 28.1 Å². The van der Waals surface area contributed by atoms with Crippen molar-refractivity contribution in [3.63, 3.8) is 0 Å². The van der Waals surface area contributed by atoms with Crippen LogP contribution in [0.25, 0.3) is 0 Å². The Morgan fingerprint density at radius 2 is 1.67 bits per heavy atom. The molecule has 0 atom stereocenters. The average Bonchev–Trinajstić information content (AvgIpc) is 3.11. The Kier molecular flexibility index (Phi) is 6.22. The van der Waals surface area contributed by atoms with Crippen LogP contribution in [-0.2, 0) is 6.54 Å². The van der Waals surface area contributed by atoms with Gasteiger partial charge in [-0.3, -0.25) is 0 Å². The fraction of sp³-hybridized carbons (Fsp3) is 0.364. The van der Waals surface area contributed by atoms with Gasteiger partial charge in [-0.15, -0.1) is 0 Å². The second kappa shape index (κ2) is 9.04. The number of amides is 4. The lowest BCUT2D eigenvalue weighted by atomic mass is 10.0. The molecule has 0 aliphatic carbocycles. The van der Waals surface area contributed by atoms with Gasteiger partial charge in [0.05, 0.1) is 0 Å². The summed E-state index contributed by atoms with van der Waals surface area (Å²) < 4.78 is 14.0.